The number of hydrogen-bond donors (Lipinski definition) is 0. The summed E-state index contributed by atoms with van der Waals surface area (Å²) in [6, 6.07) is 3.28. The zero-order chi connectivity index (χ0) is 14.3. The predicted molar refractivity (Wildman–Crippen MR) is 77.7 cm³/mol. The van der Waals surface area contributed by atoms with Crippen LogP contribution in [0.15, 0.2) is 16.7 Å². The van der Waals surface area contributed by atoms with Gasteiger partial charge in [-0.05, 0) is 48.2 Å². The molecule has 0 saturated carbocycles. The van der Waals surface area contributed by atoms with E-state index in [0.29, 0.717) is 10.2 Å². The Bertz CT molecular complexity index is 677. The molecule has 1 aromatic carbocycles. The lowest BCUT2D eigenvalue weighted by Crippen LogP contribution is -2.19. The van der Waals surface area contributed by atoms with Gasteiger partial charge in [0.15, 0.2) is 6.23 Å². The molecule has 20 heavy (non-hydrogen) atoms. The van der Waals surface area contributed by atoms with Crippen molar-refractivity contribution in [3.8, 4) is 0 Å². The van der Waals surface area contributed by atoms with Gasteiger partial charge in [-0.15, -0.1) is 0 Å². The molecule has 0 amide bonds. The van der Waals surface area contributed by atoms with E-state index in [1.165, 1.54) is 6.07 Å². The van der Waals surface area contributed by atoms with Gasteiger partial charge in [0, 0.05) is 23.6 Å². The van der Waals surface area contributed by atoms with Crippen LogP contribution in [0, 0.1) is 17.0 Å². The molecular formula is C13H14BrN3O3. The van der Waals surface area contributed by atoms with E-state index in [1.54, 1.807) is 13.0 Å². The molecule has 1 saturated heterocycles. The zero-order valence-corrected chi connectivity index (χ0v) is 12.6. The van der Waals surface area contributed by atoms with Gasteiger partial charge in [-0.25, -0.2) is 4.68 Å². The van der Waals surface area contributed by atoms with E-state index in [2.05, 4.69) is 21.0 Å². The molecule has 0 N–H and O–H groups in total. The van der Waals surface area contributed by atoms with E-state index >= 15 is 0 Å². The maximum Gasteiger partial charge on any atom is 0.273 e. The third-order valence-electron chi connectivity index (χ3n) is 3.69. The van der Waals surface area contributed by atoms with E-state index in [9.17, 15) is 10.1 Å². The summed E-state index contributed by atoms with van der Waals surface area (Å²) in [4.78, 5) is 10.7. The lowest BCUT2D eigenvalue weighted by atomic mass is 10.1. The topological polar surface area (TPSA) is 70.2 Å². The van der Waals surface area contributed by atoms with Crippen LogP contribution in [0.5, 0.6) is 0 Å². The predicted octanol–water partition coefficient (Wildman–Crippen LogP) is 3.71. The van der Waals surface area contributed by atoms with E-state index in [-0.39, 0.29) is 16.8 Å². The largest absolute Gasteiger partial charge is 0.356 e. The normalized spacial score (nSPS) is 19.4. The van der Waals surface area contributed by atoms with Crippen molar-refractivity contribution < 1.29 is 9.66 Å². The number of fused-ring (bicyclic) bond motifs is 1. The molecular weight excluding hydrogens is 326 g/mol. The lowest BCUT2D eigenvalue weighted by Gasteiger charge is -2.23. The fourth-order valence-electron chi connectivity index (χ4n) is 2.67. The molecule has 2 heterocycles. The summed E-state index contributed by atoms with van der Waals surface area (Å²) < 4.78 is 8.21. The number of nitrogens with zero attached hydrogens (tertiary/aromatic N) is 3. The maximum atomic E-state index is 11.0. The Balaban J connectivity index is 2.16. The second kappa shape index (κ2) is 5.14. The van der Waals surface area contributed by atoms with Crippen LogP contribution < -0.4 is 0 Å². The summed E-state index contributed by atoms with van der Waals surface area (Å²) in [5.74, 6) is 0. The molecule has 1 aromatic heterocycles. The first kappa shape index (κ1) is 13.5. The number of nitro benzene ring substituents is 1. The van der Waals surface area contributed by atoms with Crippen LogP contribution >= 0.6 is 15.9 Å². The smallest absolute Gasteiger partial charge is 0.273 e. The number of aryl methyl sites for hydroxylation is 1. The Hall–Kier alpha value is -1.47. The SMILES string of the molecule is Cc1c([N+](=O)[O-])ccc2c1c(Br)nn2C1CCCCO1. The molecule has 2 aromatic rings. The third kappa shape index (κ3) is 2.10. The van der Waals surface area contributed by atoms with Crippen LogP contribution in [0.4, 0.5) is 5.69 Å². The molecule has 7 heteroatoms. The van der Waals surface area contributed by atoms with Crippen molar-refractivity contribution in [1.29, 1.82) is 0 Å². The number of ether oxygens (including phenoxy) is 1. The first-order chi connectivity index (χ1) is 9.59. The molecule has 1 unspecified atom stereocenters. The standard InChI is InChI=1S/C13H14BrN3O3/c1-8-9(17(18)19)5-6-10-12(8)13(14)15-16(10)11-4-2-3-7-20-11/h5-6,11H,2-4,7H2,1H3. The van der Waals surface area contributed by atoms with Crippen molar-refractivity contribution in [2.45, 2.75) is 32.4 Å². The van der Waals surface area contributed by atoms with Crippen molar-refractivity contribution in [2.24, 2.45) is 0 Å². The van der Waals surface area contributed by atoms with Crippen molar-refractivity contribution >= 4 is 32.5 Å². The molecule has 1 atom stereocenters. The zero-order valence-electron chi connectivity index (χ0n) is 11.0. The van der Waals surface area contributed by atoms with Crippen molar-refractivity contribution in [3.05, 3.63) is 32.4 Å². The lowest BCUT2D eigenvalue weighted by molar-refractivity contribution is -0.385. The Kier molecular flexibility index (Phi) is 3.47. The number of aromatic nitrogens is 2. The van der Waals surface area contributed by atoms with Gasteiger partial charge < -0.3 is 4.74 Å². The Labute approximate surface area is 124 Å². The number of halogens is 1. The third-order valence-corrected chi connectivity index (χ3v) is 4.24. The Morgan fingerprint density at radius 2 is 2.30 bits per heavy atom. The average molecular weight is 340 g/mol. The number of rotatable bonds is 2. The molecule has 1 aliphatic rings. The van der Waals surface area contributed by atoms with Crippen molar-refractivity contribution in [3.63, 3.8) is 0 Å². The fraction of sp³-hybridized carbons (Fsp3) is 0.462. The van der Waals surface area contributed by atoms with Gasteiger partial charge in [0.2, 0.25) is 0 Å². The van der Waals surface area contributed by atoms with Gasteiger partial charge in [0.1, 0.15) is 4.60 Å². The van der Waals surface area contributed by atoms with Gasteiger partial charge in [-0.2, -0.15) is 5.10 Å². The van der Waals surface area contributed by atoms with Crippen LogP contribution in [0.25, 0.3) is 10.9 Å². The highest BCUT2D eigenvalue weighted by Crippen LogP contribution is 2.35. The minimum absolute atomic E-state index is 0.0848. The van der Waals surface area contributed by atoms with Gasteiger partial charge in [-0.1, -0.05) is 0 Å². The minimum Gasteiger partial charge on any atom is -0.356 e. The molecule has 0 bridgehead atoms. The van der Waals surface area contributed by atoms with E-state index < -0.39 is 0 Å². The summed E-state index contributed by atoms with van der Waals surface area (Å²) in [7, 11) is 0. The monoisotopic (exact) mass is 339 g/mol. The van der Waals surface area contributed by atoms with Crippen LogP contribution in [0.3, 0.4) is 0 Å². The molecule has 0 aliphatic carbocycles. The summed E-state index contributed by atoms with van der Waals surface area (Å²) >= 11 is 3.41. The first-order valence-electron chi connectivity index (χ1n) is 6.53. The van der Waals surface area contributed by atoms with Crippen LogP contribution in [-0.4, -0.2) is 21.3 Å². The van der Waals surface area contributed by atoms with Crippen LogP contribution in [0.1, 0.15) is 31.1 Å². The summed E-state index contributed by atoms with van der Waals surface area (Å²) in [5, 5.41) is 16.3. The summed E-state index contributed by atoms with van der Waals surface area (Å²) in [6.07, 6.45) is 3.01. The molecule has 1 fully saturated rings. The number of benzene rings is 1. The summed E-state index contributed by atoms with van der Waals surface area (Å²) in [6.45, 7) is 2.48. The van der Waals surface area contributed by atoms with Crippen LogP contribution in [0.2, 0.25) is 0 Å². The summed E-state index contributed by atoms with van der Waals surface area (Å²) in [5.41, 5.74) is 1.61. The first-order valence-corrected chi connectivity index (χ1v) is 7.32. The van der Waals surface area contributed by atoms with Gasteiger partial charge >= 0.3 is 0 Å². The highest BCUT2D eigenvalue weighted by molar-refractivity contribution is 9.10. The molecule has 3 rings (SSSR count). The second-order valence-corrected chi connectivity index (χ2v) is 5.67. The molecule has 1 aliphatic heterocycles. The van der Waals surface area contributed by atoms with Gasteiger partial charge in [0.05, 0.1) is 10.4 Å². The Morgan fingerprint density at radius 3 is 2.95 bits per heavy atom. The molecule has 6 nitrogen and oxygen atoms in total. The number of hydrogen-bond acceptors (Lipinski definition) is 4. The molecule has 0 spiro atoms. The highest BCUT2D eigenvalue weighted by Gasteiger charge is 2.24. The molecule has 0 radical (unpaired) electrons. The van der Waals surface area contributed by atoms with E-state index in [0.717, 1.165) is 36.8 Å². The van der Waals surface area contributed by atoms with Gasteiger partial charge in [0.25, 0.3) is 5.69 Å². The van der Waals surface area contributed by atoms with Crippen molar-refractivity contribution in [2.75, 3.05) is 6.61 Å². The average Bonchev–Trinajstić information content (AvgIpc) is 2.78. The van der Waals surface area contributed by atoms with Gasteiger partial charge in [-0.3, -0.25) is 10.1 Å². The van der Waals surface area contributed by atoms with Crippen molar-refractivity contribution in [1.82, 2.24) is 9.78 Å². The molecule has 106 valence electrons. The fourth-order valence-corrected chi connectivity index (χ4v) is 3.34. The number of nitro groups is 1. The quantitative estimate of drug-likeness (QED) is 0.617. The highest BCUT2D eigenvalue weighted by atomic mass is 79.9. The van der Waals surface area contributed by atoms with Crippen LogP contribution in [-0.2, 0) is 4.74 Å². The Morgan fingerprint density at radius 1 is 1.50 bits per heavy atom. The van der Waals surface area contributed by atoms with E-state index in [1.807, 2.05) is 4.68 Å². The maximum absolute atomic E-state index is 11.0. The van der Waals surface area contributed by atoms with E-state index in [4.69, 9.17) is 4.74 Å². The second-order valence-electron chi connectivity index (χ2n) is 4.92. The minimum atomic E-state index is -0.365.